The molecule has 4 rings (SSSR count). The number of thiazole rings is 1. The molecule has 0 N–H and O–H groups in total. The van der Waals surface area contributed by atoms with E-state index in [0.717, 1.165) is 12.8 Å². The van der Waals surface area contributed by atoms with E-state index in [2.05, 4.69) is 9.97 Å². The number of halogens is 2. The first-order chi connectivity index (χ1) is 14.3. The zero-order valence-electron chi connectivity index (χ0n) is 17.1. The van der Waals surface area contributed by atoms with Crippen LogP contribution in [0.15, 0.2) is 12.1 Å². The highest BCUT2D eigenvalue weighted by molar-refractivity contribution is 7.19. The summed E-state index contributed by atoms with van der Waals surface area (Å²) < 4.78 is 43.1. The summed E-state index contributed by atoms with van der Waals surface area (Å²) in [7, 11) is 0. The Morgan fingerprint density at radius 3 is 2.73 bits per heavy atom. The molecule has 6 nitrogen and oxygen atoms in total. The van der Waals surface area contributed by atoms with E-state index in [9.17, 15) is 13.6 Å². The molecule has 0 aromatic carbocycles. The number of pyridine rings is 1. The van der Waals surface area contributed by atoms with Crippen LogP contribution in [-0.2, 0) is 9.53 Å². The van der Waals surface area contributed by atoms with Gasteiger partial charge in [-0.1, -0.05) is 18.3 Å². The van der Waals surface area contributed by atoms with Crippen LogP contribution >= 0.6 is 11.3 Å². The van der Waals surface area contributed by atoms with Crippen molar-refractivity contribution in [2.75, 3.05) is 13.2 Å². The number of carbonyl (C=O) groups excluding carboxylic acids is 1. The lowest BCUT2D eigenvalue weighted by Crippen LogP contribution is -2.43. The van der Waals surface area contributed by atoms with Crippen molar-refractivity contribution in [1.29, 1.82) is 0 Å². The molecule has 0 unspecified atom stereocenters. The van der Waals surface area contributed by atoms with Crippen molar-refractivity contribution in [3.63, 3.8) is 0 Å². The Labute approximate surface area is 177 Å². The predicted octanol–water partition coefficient (Wildman–Crippen LogP) is 4.66. The average molecular weight is 441 g/mol. The quantitative estimate of drug-likeness (QED) is 0.535. The van der Waals surface area contributed by atoms with Gasteiger partial charge in [-0.25, -0.2) is 18.7 Å². The van der Waals surface area contributed by atoms with E-state index >= 15 is 0 Å². The molecule has 2 aliphatic carbocycles. The Hall–Kier alpha value is -1.87. The van der Waals surface area contributed by atoms with Gasteiger partial charge < -0.3 is 19.0 Å². The van der Waals surface area contributed by atoms with Gasteiger partial charge in [0.2, 0.25) is 5.88 Å². The summed E-state index contributed by atoms with van der Waals surface area (Å²) in [5, 5.41) is 0.369. The zero-order valence-corrected chi connectivity index (χ0v) is 17.9. The van der Waals surface area contributed by atoms with Crippen LogP contribution in [0.4, 0.5) is 8.78 Å². The van der Waals surface area contributed by atoms with Crippen molar-refractivity contribution >= 4 is 27.5 Å². The van der Waals surface area contributed by atoms with Crippen molar-refractivity contribution in [3.8, 4) is 11.1 Å². The Bertz CT molecular complexity index is 892. The van der Waals surface area contributed by atoms with Gasteiger partial charge in [0.15, 0.2) is 4.83 Å². The van der Waals surface area contributed by atoms with Crippen LogP contribution < -0.4 is 9.47 Å². The highest BCUT2D eigenvalue weighted by Gasteiger charge is 2.47. The van der Waals surface area contributed by atoms with Crippen molar-refractivity contribution in [3.05, 3.63) is 12.1 Å². The fraction of sp³-hybridized carbons (Fsp3) is 0.667. The average Bonchev–Trinajstić information content (AvgIpc) is 2.99. The second-order valence-electron chi connectivity index (χ2n) is 8.57. The summed E-state index contributed by atoms with van der Waals surface area (Å²) in [6, 6.07) is 3.57. The summed E-state index contributed by atoms with van der Waals surface area (Å²) in [5.41, 5.74) is 0.672. The maximum absolute atomic E-state index is 12.9. The lowest BCUT2D eigenvalue weighted by molar-refractivity contribution is -0.134. The van der Waals surface area contributed by atoms with Crippen LogP contribution in [-0.4, -0.2) is 47.1 Å². The molecule has 0 amide bonds. The summed E-state index contributed by atoms with van der Waals surface area (Å²) in [5.74, 6) is -1.22. The first-order valence-electron chi connectivity index (χ1n) is 10.3. The van der Waals surface area contributed by atoms with Gasteiger partial charge in [0.1, 0.15) is 17.4 Å². The number of hydrogen-bond acceptors (Lipinski definition) is 7. The predicted molar refractivity (Wildman–Crippen MR) is 108 cm³/mol. The standard InChI is InChI=1S/C21H26F2N2O4S/c1-12(5-13(2)26)10-27-15-6-14(7-15)11-28-18-4-3-17-19(25-18)30-20(24-17)29-16-8-21(22,23)9-16/h3-4,12,14-16H,5-11H2,1-2H3/t12-,14?,15?/m1/s1. The van der Waals surface area contributed by atoms with E-state index in [1.54, 1.807) is 19.1 Å². The molecular formula is C21H26F2N2O4S. The van der Waals surface area contributed by atoms with Gasteiger partial charge in [-0.2, -0.15) is 0 Å². The van der Waals surface area contributed by atoms with Crippen LogP contribution in [0, 0.1) is 11.8 Å². The number of rotatable bonds is 10. The Morgan fingerprint density at radius 1 is 1.27 bits per heavy atom. The fourth-order valence-electron chi connectivity index (χ4n) is 3.74. The van der Waals surface area contributed by atoms with Crippen molar-refractivity contribution in [1.82, 2.24) is 9.97 Å². The normalized spacial score (nSPS) is 24.1. The van der Waals surface area contributed by atoms with Gasteiger partial charge in [-0.05, 0) is 37.7 Å². The molecule has 2 aromatic rings. The highest BCUT2D eigenvalue weighted by Crippen LogP contribution is 2.41. The Kier molecular flexibility index (Phi) is 6.20. The first kappa shape index (κ1) is 21.4. The summed E-state index contributed by atoms with van der Waals surface area (Å²) in [4.78, 5) is 20.5. The third-order valence-electron chi connectivity index (χ3n) is 5.44. The van der Waals surface area contributed by atoms with Crippen molar-refractivity contribution in [2.45, 2.75) is 64.1 Å². The molecule has 2 heterocycles. The van der Waals surface area contributed by atoms with E-state index in [-0.39, 0.29) is 30.6 Å². The monoisotopic (exact) mass is 440 g/mol. The molecule has 0 saturated heterocycles. The first-order valence-corrected chi connectivity index (χ1v) is 11.1. The molecule has 0 radical (unpaired) electrons. The van der Waals surface area contributed by atoms with E-state index in [1.807, 2.05) is 6.92 Å². The molecule has 2 aromatic heterocycles. The minimum atomic E-state index is -2.61. The second-order valence-corrected chi connectivity index (χ2v) is 9.51. The van der Waals surface area contributed by atoms with Crippen molar-refractivity contribution < 1.29 is 27.8 Å². The number of fused-ring (bicyclic) bond motifs is 1. The number of nitrogens with zero attached hydrogens (tertiary/aromatic N) is 2. The molecule has 1 atom stereocenters. The van der Waals surface area contributed by atoms with E-state index in [1.165, 1.54) is 11.3 Å². The minimum absolute atomic E-state index is 0.194. The topological polar surface area (TPSA) is 70.5 Å². The van der Waals surface area contributed by atoms with E-state index in [0.29, 0.717) is 47.0 Å². The summed E-state index contributed by atoms with van der Waals surface area (Å²) in [6.07, 6.45) is 1.70. The number of Topliss-reactive ketones (excluding diaryl/α,β-unsaturated/α-hetero) is 1. The number of aromatic nitrogens is 2. The molecule has 30 heavy (non-hydrogen) atoms. The summed E-state index contributed by atoms with van der Waals surface area (Å²) in [6.45, 7) is 4.82. The number of carbonyl (C=O) groups is 1. The Balaban J connectivity index is 1.19. The number of alkyl halides is 2. The Morgan fingerprint density at radius 2 is 2.03 bits per heavy atom. The number of ketones is 1. The molecule has 2 saturated carbocycles. The largest absolute Gasteiger partial charge is 0.477 e. The van der Waals surface area contributed by atoms with Gasteiger partial charge >= 0.3 is 0 Å². The maximum atomic E-state index is 12.9. The van der Waals surface area contributed by atoms with Crippen molar-refractivity contribution in [2.24, 2.45) is 11.8 Å². The molecule has 2 aliphatic rings. The molecule has 2 fully saturated rings. The summed E-state index contributed by atoms with van der Waals surface area (Å²) >= 11 is 1.24. The number of hydrogen-bond donors (Lipinski definition) is 0. The van der Waals surface area contributed by atoms with Gasteiger partial charge in [0.05, 0.1) is 12.7 Å². The molecule has 9 heteroatoms. The molecular weight excluding hydrogens is 414 g/mol. The zero-order chi connectivity index (χ0) is 21.3. The molecule has 0 bridgehead atoms. The van der Waals surface area contributed by atoms with Crippen LogP contribution in [0.2, 0.25) is 0 Å². The minimum Gasteiger partial charge on any atom is -0.477 e. The molecule has 0 spiro atoms. The van der Waals surface area contributed by atoms with Crippen LogP contribution in [0.1, 0.15) is 46.0 Å². The smallest absolute Gasteiger partial charge is 0.276 e. The third-order valence-corrected chi connectivity index (χ3v) is 6.30. The van der Waals surface area contributed by atoms with Crippen LogP contribution in [0.25, 0.3) is 10.3 Å². The van der Waals surface area contributed by atoms with Gasteiger partial charge in [0, 0.05) is 31.9 Å². The van der Waals surface area contributed by atoms with Crippen LogP contribution in [0.3, 0.4) is 0 Å². The highest BCUT2D eigenvalue weighted by atomic mass is 32.1. The lowest BCUT2D eigenvalue weighted by Gasteiger charge is -2.35. The van der Waals surface area contributed by atoms with Crippen LogP contribution in [0.5, 0.6) is 11.1 Å². The maximum Gasteiger partial charge on any atom is 0.276 e. The van der Waals surface area contributed by atoms with Gasteiger partial charge in [-0.15, -0.1) is 0 Å². The molecule has 164 valence electrons. The van der Waals surface area contributed by atoms with Gasteiger partial charge in [0.25, 0.3) is 11.1 Å². The van der Waals surface area contributed by atoms with E-state index < -0.39 is 12.0 Å². The lowest BCUT2D eigenvalue weighted by atomic mass is 9.83. The van der Waals surface area contributed by atoms with Gasteiger partial charge in [-0.3, -0.25) is 0 Å². The second kappa shape index (κ2) is 8.70. The fourth-order valence-corrected chi connectivity index (χ4v) is 4.59. The number of ether oxygens (including phenoxy) is 3. The van der Waals surface area contributed by atoms with E-state index in [4.69, 9.17) is 14.2 Å². The molecule has 0 aliphatic heterocycles. The third kappa shape index (κ3) is 5.43. The SMILES string of the molecule is CC(=O)C[C@@H](C)COC1CC(COc2ccc3nc(OC4CC(F)(F)C4)sc3n2)C1.